The summed E-state index contributed by atoms with van der Waals surface area (Å²) in [7, 11) is -3.50. The van der Waals surface area contributed by atoms with Crippen LogP contribution in [-0.4, -0.2) is 54.1 Å². The van der Waals surface area contributed by atoms with Crippen molar-refractivity contribution in [1.82, 2.24) is 13.6 Å². The van der Waals surface area contributed by atoms with Crippen LogP contribution in [0.5, 0.6) is 0 Å². The van der Waals surface area contributed by atoms with Crippen molar-refractivity contribution in [2.24, 2.45) is 5.92 Å². The highest BCUT2D eigenvalue weighted by molar-refractivity contribution is 7.86. The molecule has 0 bridgehead atoms. The second kappa shape index (κ2) is 8.89. The van der Waals surface area contributed by atoms with Crippen LogP contribution in [0, 0.1) is 5.92 Å². The van der Waals surface area contributed by atoms with Gasteiger partial charge >= 0.3 is 0 Å². The number of aromatic nitrogens is 1. The van der Waals surface area contributed by atoms with Crippen molar-refractivity contribution in [2.75, 3.05) is 31.5 Å². The molecule has 0 aliphatic carbocycles. The second-order valence-corrected chi connectivity index (χ2v) is 8.75. The molecular weight excluding hydrogens is 348 g/mol. The van der Waals surface area contributed by atoms with Gasteiger partial charge in [0.05, 0.1) is 5.92 Å². The molecule has 1 aromatic rings. The minimum absolute atomic E-state index is 0.151. The normalized spacial score (nSPS) is 19.5. The Hall–Kier alpha value is -1.03. The lowest BCUT2D eigenvalue weighted by atomic mass is 9.99. The summed E-state index contributed by atoms with van der Waals surface area (Å²) in [5, 5.41) is 5.12. The van der Waals surface area contributed by atoms with Crippen LogP contribution >= 0.6 is 11.3 Å². The molecule has 1 atom stereocenters. The maximum Gasteiger partial charge on any atom is 0.281 e. The van der Waals surface area contributed by atoms with E-state index < -0.39 is 10.2 Å². The molecular formula is C15H26N4O3S2. The Labute approximate surface area is 148 Å². The predicted molar refractivity (Wildman–Crippen MR) is 96.1 cm³/mol. The Balaban J connectivity index is 2.04. The lowest BCUT2D eigenvalue weighted by Gasteiger charge is -2.34. The molecule has 0 aromatic carbocycles. The van der Waals surface area contributed by atoms with Gasteiger partial charge in [0.2, 0.25) is 5.91 Å². The number of anilines is 1. The molecule has 1 fully saturated rings. The first kappa shape index (κ1) is 19.3. The van der Waals surface area contributed by atoms with E-state index in [0.717, 1.165) is 12.8 Å². The number of nitrogens with one attached hydrogen (secondary N) is 1. The van der Waals surface area contributed by atoms with Gasteiger partial charge in [-0.2, -0.15) is 17.0 Å². The number of rotatable bonds is 8. The van der Waals surface area contributed by atoms with Gasteiger partial charge in [0.1, 0.15) is 0 Å². The van der Waals surface area contributed by atoms with Gasteiger partial charge in [-0.15, -0.1) is 11.3 Å². The van der Waals surface area contributed by atoms with E-state index >= 15 is 0 Å². The van der Waals surface area contributed by atoms with Crippen LogP contribution in [0.2, 0.25) is 0 Å². The van der Waals surface area contributed by atoms with Gasteiger partial charge in [-0.25, -0.2) is 4.98 Å². The molecule has 2 rings (SSSR count). The van der Waals surface area contributed by atoms with E-state index in [9.17, 15) is 13.2 Å². The van der Waals surface area contributed by atoms with Gasteiger partial charge in [0.25, 0.3) is 10.2 Å². The van der Waals surface area contributed by atoms with Crippen LogP contribution in [0.3, 0.4) is 0 Å². The largest absolute Gasteiger partial charge is 0.302 e. The highest BCUT2D eigenvalue weighted by Crippen LogP contribution is 2.23. The number of hydrogen-bond acceptors (Lipinski definition) is 5. The SMILES string of the molecule is CCCN(CCC)S(=O)(=O)N1CCCC(C(=O)Nc2nccs2)C1. The lowest BCUT2D eigenvalue weighted by Crippen LogP contribution is -2.50. The summed E-state index contributed by atoms with van der Waals surface area (Å²) in [5.41, 5.74) is 0. The van der Waals surface area contributed by atoms with Crippen molar-refractivity contribution in [3.63, 3.8) is 0 Å². The summed E-state index contributed by atoms with van der Waals surface area (Å²) < 4.78 is 28.7. The first-order chi connectivity index (χ1) is 11.5. The van der Waals surface area contributed by atoms with Crippen molar-refractivity contribution in [1.29, 1.82) is 0 Å². The van der Waals surface area contributed by atoms with Gasteiger partial charge in [0.15, 0.2) is 5.13 Å². The van der Waals surface area contributed by atoms with Crippen molar-refractivity contribution in [3.8, 4) is 0 Å². The van der Waals surface area contributed by atoms with Gasteiger partial charge in [0, 0.05) is 37.8 Å². The molecule has 24 heavy (non-hydrogen) atoms. The molecule has 1 N–H and O–H groups in total. The molecule has 0 saturated carbocycles. The van der Waals surface area contributed by atoms with Crippen molar-refractivity contribution >= 4 is 32.6 Å². The number of carbonyl (C=O) groups is 1. The third-order valence-corrected chi connectivity index (χ3v) is 6.71. The molecule has 1 aromatic heterocycles. The van der Waals surface area contributed by atoms with E-state index in [4.69, 9.17) is 0 Å². The monoisotopic (exact) mass is 374 g/mol. The van der Waals surface area contributed by atoms with E-state index in [1.165, 1.54) is 19.9 Å². The average molecular weight is 375 g/mol. The summed E-state index contributed by atoms with van der Waals surface area (Å²) in [6.07, 6.45) is 4.58. The number of amides is 1. The van der Waals surface area contributed by atoms with Crippen LogP contribution in [0.4, 0.5) is 5.13 Å². The number of piperidine rings is 1. The van der Waals surface area contributed by atoms with Gasteiger partial charge < -0.3 is 5.32 Å². The molecule has 7 nitrogen and oxygen atoms in total. The van der Waals surface area contributed by atoms with Crippen LogP contribution < -0.4 is 5.32 Å². The van der Waals surface area contributed by atoms with Crippen LogP contribution in [0.1, 0.15) is 39.5 Å². The molecule has 1 aliphatic heterocycles. The highest BCUT2D eigenvalue weighted by atomic mass is 32.2. The molecule has 1 amide bonds. The van der Waals surface area contributed by atoms with Crippen molar-refractivity contribution in [3.05, 3.63) is 11.6 Å². The zero-order valence-electron chi connectivity index (χ0n) is 14.3. The second-order valence-electron chi connectivity index (χ2n) is 5.93. The molecule has 9 heteroatoms. The van der Waals surface area contributed by atoms with Crippen molar-refractivity contribution in [2.45, 2.75) is 39.5 Å². The Morgan fingerprint density at radius 3 is 2.71 bits per heavy atom. The lowest BCUT2D eigenvalue weighted by molar-refractivity contribution is -0.120. The predicted octanol–water partition coefficient (Wildman–Crippen LogP) is 2.16. The fourth-order valence-corrected chi connectivity index (χ4v) is 5.28. The minimum Gasteiger partial charge on any atom is -0.302 e. The van der Waals surface area contributed by atoms with E-state index in [1.54, 1.807) is 11.6 Å². The van der Waals surface area contributed by atoms with E-state index in [2.05, 4.69) is 10.3 Å². The Morgan fingerprint density at radius 2 is 2.12 bits per heavy atom. The highest BCUT2D eigenvalue weighted by Gasteiger charge is 2.35. The van der Waals surface area contributed by atoms with Gasteiger partial charge in [-0.05, 0) is 25.7 Å². The fraction of sp³-hybridized carbons (Fsp3) is 0.733. The first-order valence-corrected chi connectivity index (χ1v) is 10.7. The summed E-state index contributed by atoms with van der Waals surface area (Å²) >= 11 is 1.36. The fourth-order valence-electron chi connectivity index (χ4n) is 2.86. The summed E-state index contributed by atoms with van der Waals surface area (Å²) in [6.45, 7) is 5.69. The molecule has 0 radical (unpaired) electrons. The van der Waals surface area contributed by atoms with E-state index in [1.807, 2.05) is 13.8 Å². The number of hydrogen-bond donors (Lipinski definition) is 1. The summed E-state index contributed by atoms with van der Waals surface area (Å²) in [4.78, 5) is 16.4. The maximum absolute atomic E-state index is 12.9. The zero-order valence-corrected chi connectivity index (χ0v) is 15.9. The third-order valence-electron chi connectivity index (χ3n) is 4.02. The summed E-state index contributed by atoms with van der Waals surface area (Å²) in [6, 6.07) is 0. The van der Waals surface area contributed by atoms with Crippen LogP contribution in [-0.2, 0) is 15.0 Å². The third kappa shape index (κ3) is 4.75. The van der Waals surface area contributed by atoms with Gasteiger partial charge in [-0.1, -0.05) is 13.8 Å². The van der Waals surface area contributed by atoms with Crippen molar-refractivity contribution < 1.29 is 13.2 Å². The molecule has 0 spiro atoms. The zero-order chi connectivity index (χ0) is 17.6. The van der Waals surface area contributed by atoms with E-state index in [-0.39, 0.29) is 18.4 Å². The topological polar surface area (TPSA) is 82.6 Å². The molecule has 1 aliphatic rings. The van der Waals surface area contributed by atoms with E-state index in [0.29, 0.717) is 37.6 Å². The molecule has 2 heterocycles. The Morgan fingerprint density at radius 1 is 1.42 bits per heavy atom. The molecule has 1 unspecified atom stereocenters. The maximum atomic E-state index is 12.9. The Kier molecular flexibility index (Phi) is 7.15. The average Bonchev–Trinajstić information content (AvgIpc) is 3.07. The van der Waals surface area contributed by atoms with Gasteiger partial charge in [-0.3, -0.25) is 4.79 Å². The van der Waals surface area contributed by atoms with Crippen LogP contribution in [0.15, 0.2) is 11.6 Å². The first-order valence-electron chi connectivity index (χ1n) is 8.44. The standard InChI is InChI=1S/C15H26N4O3S2/c1-3-8-18(9-4-2)24(21,22)19-10-5-6-13(12-19)14(20)17-15-16-7-11-23-15/h7,11,13H,3-6,8-10,12H2,1-2H3,(H,16,17,20). The number of thiazole rings is 1. The number of carbonyl (C=O) groups excluding carboxylic acids is 1. The quantitative estimate of drug-likeness (QED) is 0.756. The summed E-state index contributed by atoms with van der Waals surface area (Å²) in [5.74, 6) is -0.482. The minimum atomic E-state index is -3.50. The molecule has 136 valence electrons. The molecule has 1 saturated heterocycles. The Bertz CT molecular complexity index is 613. The van der Waals surface area contributed by atoms with Crippen LogP contribution in [0.25, 0.3) is 0 Å². The smallest absolute Gasteiger partial charge is 0.281 e. The number of nitrogens with zero attached hydrogens (tertiary/aromatic N) is 3.